The molecular formula is C14H18FN3O4. The van der Waals surface area contributed by atoms with Crippen LogP contribution in [0.4, 0.5) is 15.8 Å². The van der Waals surface area contributed by atoms with Gasteiger partial charge in [0.2, 0.25) is 5.67 Å². The molecule has 0 aliphatic carbocycles. The number of nitrogens with zero attached hydrogens (tertiary/aromatic N) is 2. The molecule has 1 N–H and O–H groups in total. The fourth-order valence-electron chi connectivity index (χ4n) is 2.63. The van der Waals surface area contributed by atoms with E-state index in [-0.39, 0.29) is 18.7 Å². The summed E-state index contributed by atoms with van der Waals surface area (Å²) in [6, 6.07) is 4.82. The molecule has 0 bridgehead atoms. The van der Waals surface area contributed by atoms with Crippen molar-refractivity contribution in [1.82, 2.24) is 4.90 Å². The van der Waals surface area contributed by atoms with Crippen LogP contribution in [0.3, 0.4) is 0 Å². The van der Waals surface area contributed by atoms with E-state index in [4.69, 9.17) is 0 Å². The summed E-state index contributed by atoms with van der Waals surface area (Å²) in [4.78, 5) is 23.8. The molecular weight excluding hydrogens is 293 g/mol. The fraction of sp³-hybridized carbons (Fsp3) is 0.500. The molecule has 0 unspecified atom stereocenters. The standard InChI is InChI=1S/C14H18FN3O4/c1-16-11-4-3-10(7-12(11)18(20)21)8-17-6-5-14(15,9-17)13(19)22-2/h3-4,7,16H,5-6,8-9H2,1-2H3/t14-/m0/s1. The van der Waals surface area contributed by atoms with Crippen molar-refractivity contribution >= 4 is 17.3 Å². The number of halogens is 1. The summed E-state index contributed by atoms with van der Waals surface area (Å²) < 4.78 is 18.8. The van der Waals surface area contributed by atoms with Crippen LogP contribution in [-0.2, 0) is 16.1 Å². The minimum Gasteiger partial charge on any atom is -0.467 e. The van der Waals surface area contributed by atoms with Crippen LogP contribution in [0.15, 0.2) is 18.2 Å². The van der Waals surface area contributed by atoms with Gasteiger partial charge in [0, 0.05) is 39.2 Å². The summed E-state index contributed by atoms with van der Waals surface area (Å²) in [5.41, 5.74) is -0.908. The average molecular weight is 311 g/mol. The van der Waals surface area contributed by atoms with Gasteiger partial charge in [0.1, 0.15) is 5.69 Å². The summed E-state index contributed by atoms with van der Waals surface area (Å²) in [5.74, 6) is -0.869. The normalized spacial score (nSPS) is 21.6. The number of carbonyl (C=O) groups excluding carboxylic acids is 1. The number of likely N-dealkylation sites (tertiary alicyclic amines) is 1. The molecule has 1 aliphatic heterocycles. The molecule has 1 heterocycles. The molecule has 1 aromatic carbocycles. The van der Waals surface area contributed by atoms with Crippen LogP contribution in [0, 0.1) is 10.1 Å². The first-order valence-corrected chi connectivity index (χ1v) is 6.84. The number of methoxy groups -OCH3 is 1. The number of ether oxygens (including phenoxy) is 1. The van der Waals surface area contributed by atoms with Gasteiger partial charge in [-0.15, -0.1) is 0 Å². The van der Waals surface area contributed by atoms with Crippen LogP contribution in [0.5, 0.6) is 0 Å². The third kappa shape index (κ3) is 3.16. The quantitative estimate of drug-likeness (QED) is 0.506. The smallest absolute Gasteiger partial charge is 0.345 e. The van der Waals surface area contributed by atoms with E-state index in [0.717, 1.165) is 7.11 Å². The number of nitro groups is 1. The number of hydrogen-bond acceptors (Lipinski definition) is 6. The van der Waals surface area contributed by atoms with Crippen molar-refractivity contribution in [2.24, 2.45) is 0 Å². The Labute approximate surface area is 127 Å². The number of nitrogens with one attached hydrogen (secondary N) is 1. The zero-order valence-electron chi connectivity index (χ0n) is 12.5. The van der Waals surface area contributed by atoms with Crippen LogP contribution in [0.1, 0.15) is 12.0 Å². The Morgan fingerprint density at radius 2 is 2.32 bits per heavy atom. The summed E-state index contributed by atoms with van der Waals surface area (Å²) in [6.07, 6.45) is 0.0658. The van der Waals surface area contributed by atoms with E-state index in [1.807, 2.05) is 0 Å². The Morgan fingerprint density at radius 3 is 2.91 bits per heavy atom. The maximum atomic E-state index is 14.4. The van der Waals surface area contributed by atoms with Crippen molar-refractivity contribution < 1.29 is 18.8 Å². The zero-order valence-corrected chi connectivity index (χ0v) is 12.5. The van der Waals surface area contributed by atoms with Crippen molar-refractivity contribution in [1.29, 1.82) is 0 Å². The predicted molar refractivity (Wildman–Crippen MR) is 78.4 cm³/mol. The number of nitro benzene ring substituents is 1. The molecule has 8 heteroatoms. The number of carbonyl (C=O) groups is 1. The third-order valence-electron chi connectivity index (χ3n) is 3.78. The van der Waals surface area contributed by atoms with Gasteiger partial charge in [0.05, 0.1) is 12.0 Å². The first-order valence-electron chi connectivity index (χ1n) is 6.84. The fourth-order valence-corrected chi connectivity index (χ4v) is 2.63. The van der Waals surface area contributed by atoms with Crippen LogP contribution < -0.4 is 5.32 Å². The van der Waals surface area contributed by atoms with Gasteiger partial charge in [-0.1, -0.05) is 6.07 Å². The largest absolute Gasteiger partial charge is 0.467 e. The Kier molecular flexibility index (Phi) is 4.60. The van der Waals surface area contributed by atoms with E-state index in [1.54, 1.807) is 24.1 Å². The topological polar surface area (TPSA) is 84.7 Å². The SMILES string of the molecule is CNc1ccc(CN2CC[C@@](F)(C(=O)OC)C2)cc1[N+](=O)[O-]. The highest BCUT2D eigenvalue weighted by Crippen LogP contribution is 2.30. The second kappa shape index (κ2) is 6.27. The maximum absolute atomic E-state index is 14.4. The average Bonchev–Trinajstić information content (AvgIpc) is 2.88. The minimum absolute atomic E-state index is 0.0290. The van der Waals surface area contributed by atoms with Gasteiger partial charge in [-0.2, -0.15) is 0 Å². The lowest BCUT2D eigenvalue weighted by atomic mass is 10.1. The van der Waals surface area contributed by atoms with Gasteiger partial charge < -0.3 is 10.1 Å². The number of esters is 1. The molecule has 0 radical (unpaired) electrons. The molecule has 7 nitrogen and oxygen atoms in total. The first-order chi connectivity index (χ1) is 10.4. The zero-order chi connectivity index (χ0) is 16.3. The third-order valence-corrected chi connectivity index (χ3v) is 3.78. The summed E-state index contributed by atoms with van der Waals surface area (Å²) in [5, 5.41) is 13.8. The van der Waals surface area contributed by atoms with Crippen molar-refractivity contribution in [3.8, 4) is 0 Å². The van der Waals surface area contributed by atoms with E-state index >= 15 is 0 Å². The van der Waals surface area contributed by atoms with Crippen molar-refractivity contribution in [3.63, 3.8) is 0 Å². The Hall–Kier alpha value is -2.22. The molecule has 1 aliphatic rings. The summed E-state index contributed by atoms with van der Waals surface area (Å²) in [7, 11) is 2.77. The molecule has 0 amide bonds. The maximum Gasteiger partial charge on any atom is 0.345 e. The van der Waals surface area contributed by atoms with E-state index < -0.39 is 16.6 Å². The van der Waals surface area contributed by atoms with E-state index in [2.05, 4.69) is 10.1 Å². The monoisotopic (exact) mass is 311 g/mol. The van der Waals surface area contributed by atoms with Gasteiger partial charge in [-0.25, -0.2) is 9.18 Å². The predicted octanol–water partition coefficient (Wildman–Crippen LogP) is 1.72. The highest BCUT2D eigenvalue weighted by atomic mass is 19.1. The second-order valence-electron chi connectivity index (χ2n) is 5.28. The first kappa shape index (κ1) is 16.2. The van der Waals surface area contributed by atoms with Gasteiger partial charge >= 0.3 is 5.97 Å². The second-order valence-corrected chi connectivity index (χ2v) is 5.28. The number of anilines is 1. The van der Waals surface area contributed by atoms with Crippen LogP contribution in [-0.4, -0.2) is 48.7 Å². The molecule has 2 rings (SSSR count). The lowest BCUT2D eigenvalue weighted by Gasteiger charge is -2.18. The van der Waals surface area contributed by atoms with Crippen LogP contribution >= 0.6 is 0 Å². The van der Waals surface area contributed by atoms with Crippen LogP contribution in [0.2, 0.25) is 0 Å². The van der Waals surface area contributed by atoms with Crippen molar-refractivity contribution in [2.45, 2.75) is 18.6 Å². The van der Waals surface area contributed by atoms with Gasteiger partial charge in [0.15, 0.2) is 0 Å². The Bertz CT molecular complexity index is 595. The van der Waals surface area contributed by atoms with Crippen molar-refractivity contribution in [2.75, 3.05) is 32.6 Å². The molecule has 0 saturated carbocycles. The minimum atomic E-state index is -1.99. The number of hydrogen-bond donors (Lipinski definition) is 1. The number of rotatable bonds is 5. The highest BCUT2D eigenvalue weighted by Gasteiger charge is 2.46. The van der Waals surface area contributed by atoms with E-state index in [9.17, 15) is 19.3 Å². The summed E-state index contributed by atoms with van der Waals surface area (Å²) >= 11 is 0. The van der Waals surface area contributed by atoms with E-state index in [0.29, 0.717) is 24.3 Å². The number of alkyl halides is 1. The Balaban J connectivity index is 2.11. The van der Waals surface area contributed by atoms with Gasteiger partial charge in [-0.3, -0.25) is 15.0 Å². The van der Waals surface area contributed by atoms with Crippen LogP contribution in [0.25, 0.3) is 0 Å². The summed E-state index contributed by atoms with van der Waals surface area (Å²) in [6.45, 7) is 0.669. The molecule has 1 saturated heterocycles. The lowest BCUT2D eigenvalue weighted by Crippen LogP contribution is -2.38. The van der Waals surface area contributed by atoms with Gasteiger partial charge in [-0.05, 0) is 11.6 Å². The molecule has 0 aromatic heterocycles. The Morgan fingerprint density at radius 1 is 1.59 bits per heavy atom. The molecule has 1 fully saturated rings. The molecule has 120 valence electrons. The van der Waals surface area contributed by atoms with Crippen molar-refractivity contribution in [3.05, 3.63) is 33.9 Å². The highest BCUT2D eigenvalue weighted by molar-refractivity contribution is 5.80. The molecule has 22 heavy (non-hydrogen) atoms. The lowest BCUT2D eigenvalue weighted by molar-refractivity contribution is -0.384. The molecule has 0 spiro atoms. The number of benzene rings is 1. The van der Waals surface area contributed by atoms with Gasteiger partial charge in [0.25, 0.3) is 5.69 Å². The molecule has 1 aromatic rings. The molecule has 1 atom stereocenters. The van der Waals surface area contributed by atoms with E-state index in [1.165, 1.54) is 6.07 Å².